The number of unbranched alkanes of at least 4 members (excludes halogenated alkanes) is 2. The molecular weight excluding hydrogens is 522 g/mol. The third-order valence-corrected chi connectivity index (χ3v) is 8.87. The average molecular weight is 573 g/mol. The normalized spacial score (nSPS) is 17.5. The van der Waals surface area contributed by atoms with Gasteiger partial charge in [-0.3, -0.25) is 23.0 Å². The molecule has 0 aromatic heterocycles. The molecule has 10 nitrogen and oxygen atoms in total. The molecule has 4 unspecified atom stereocenters. The van der Waals surface area contributed by atoms with E-state index in [1.807, 2.05) is 27.7 Å². The molecule has 0 aliphatic rings. The molecule has 0 spiro atoms. The lowest BCUT2D eigenvalue weighted by Crippen LogP contribution is -2.31. The van der Waals surface area contributed by atoms with E-state index in [1.54, 1.807) is 27.7 Å². The lowest BCUT2D eigenvalue weighted by molar-refractivity contribution is -0.163. The Labute approximate surface area is 223 Å². The summed E-state index contributed by atoms with van der Waals surface area (Å²) >= 11 is 0. The number of carbonyl (C=O) groups is 2. The van der Waals surface area contributed by atoms with Gasteiger partial charge >= 0.3 is 21.2 Å². The van der Waals surface area contributed by atoms with Crippen molar-refractivity contribution < 1.29 is 46.3 Å². The molecule has 0 heterocycles. The van der Waals surface area contributed by atoms with Gasteiger partial charge in [-0.25, -0.2) is 4.79 Å². The maximum absolute atomic E-state index is 13.5. The van der Waals surface area contributed by atoms with E-state index in [0.29, 0.717) is 25.7 Å². The maximum Gasteiger partial charge on any atom is 0.336 e. The fourth-order valence-electron chi connectivity index (χ4n) is 2.82. The van der Waals surface area contributed by atoms with E-state index in [-0.39, 0.29) is 43.5 Å². The van der Waals surface area contributed by atoms with E-state index >= 15 is 0 Å². The van der Waals surface area contributed by atoms with Gasteiger partial charge in [0.1, 0.15) is 11.7 Å². The first-order valence-corrected chi connectivity index (χ1v) is 16.5. The van der Waals surface area contributed by atoms with Gasteiger partial charge in [-0.1, -0.05) is 13.3 Å². The second-order valence-corrected chi connectivity index (χ2v) is 15.3. The zero-order valence-corrected chi connectivity index (χ0v) is 26.3. The Morgan fingerprint density at radius 1 is 0.730 bits per heavy atom. The monoisotopic (exact) mass is 572 g/mol. The van der Waals surface area contributed by atoms with Gasteiger partial charge in [0, 0.05) is 0 Å². The molecule has 0 aliphatic carbocycles. The molecule has 0 saturated heterocycles. The van der Waals surface area contributed by atoms with Crippen molar-refractivity contribution in [2.45, 2.75) is 118 Å². The highest BCUT2D eigenvalue weighted by atomic mass is 31.2. The highest BCUT2D eigenvalue weighted by Gasteiger charge is 2.33. The van der Waals surface area contributed by atoms with Crippen molar-refractivity contribution in [1.29, 1.82) is 0 Å². The molecule has 4 atom stereocenters. The molecule has 0 saturated carbocycles. The van der Waals surface area contributed by atoms with Gasteiger partial charge in [-0.15, -0.1) is 0 Å². The molecule has 12 heteroatoms. The van der Waals surface area contributed by atoms with Crippen LogP contribution in [0.25, 0.3) is 0 Å². The maximum atomic E-state index is 13.5. The smallest absolute Gasteiger partial charge is 0.336 e. The Kier molecular flexibility index (Phi) is 16.2. The highest BCUT2D eigenvalue weighted by molar-refractivity contribution is 7.54. The Bertz CT molecular complexity index is 785. The summed E-state index contributed by atoms with van der Waals surface area (Å²) < 4.78 is 59.7. The first-order chi connectivity index (χ1) is 16.8. The number of ketones is 1. The number of Topliss-reactive ketones (excluding diaryl/α,β-unsaturated/α-hetero) is 1. The van der Waals surface area contributed by atoms with Gasteiger partial charge in [0.05, 0.1) is 37.7 Å². The summed E-state index contributed by atoms with van der Waals surface area (Å²) in [5, 5.41) is 0. The molecule has 0 N–H and O–H groups in total. The quantitative estimate of drug-likeness (QED) is 0.0957. The van der Waals surface area contributed by atoms with E-state index in [2.05, 4.69) is 0 Å². The van der Waals surface area contributed by atoms with Crippen LogP contribution >= 0.6 is 15.2 Å². The number of esters is 1. The Morgan fingerprint density at radius 3 is 1.65 bits per heavy atom. The van der Waals surface area contributed by atoms with Crippen LogP contribution in [0.1, 0.15) is 94.9 Å². The van der Waals surface area contributed by atoms with E-state index in [4.69, 9.17) is 27.6 Å². The van der Waals surface area contributed by atoms with E-state index in [0.717, 1.165) is 0 Å². The summed E-state index contributed by atoms with van der Waals surface area (Å²) in [5.41, 5.74) is -1.09. The Morgan fingerprint density at radius 2 is 1.22 bits per heavy atom. The summed E-state index contributed by atoms with van der Waals surface area (Å²) in [7, 11) is -7.12. The Balaban J connectivity index is 5.09. The Hall–Kier alpha value is -0.600. The van der Waals surface area contributed by atoms with Crippen LogP contribution in [0, 0.1) is 0 Å². The molecular formula is C25H50O10P2. The van der Waals surface area contributed by atoms with E-state index < -0.39 is 39.0 Å². The van der Waals surface area contributed by atoms with Gasteiger partial charge in [0.2, 0.25) is 0 Å². The van der Waals surface area contributed by atoms with Gasteiger partial charge < -0.3 is 18.5 Å². The minimum Gasteiger partial charge on any atom is -0.458 e. The van der Waals surface area contributed by atoms with Crippen molar-refractivity contribution in [1.82, 2.24) is 0 Å². The predicted molar refractivity (Wildman–Crippen MR) is 144 cm³/mol. The third kappa shape index (κ3) is 18.3. The minimum absolute atomic E-state index is 0.0341. The molecule has 0 aromatic rings. The highest BCUT2D eigenvalue weighted by Crippen LogP contribution is 2.52. The standard InChI is InChI=1S/C25H50O10P2/c1-11-15-31-36(28,34-21(3)20(2)26)18-13-12-14-19-37(29,32-17-16-30-24(5,6)7)35-22(4)23(27)33-25(8,9)10/h21-22H,11-19H2,1-10H3. The summed E-state index contributed by atoms with van der Waals surface area (Å²) in [6.45, 7) is 17.7. The largest absolute Gasteiger partial charge is 0.458 e. The molecule has 0 bridgehead atoms. The van der Waals surface area contributed by atoms with E-state index in [1.165, 1.54) is 13.8 Å². The molecule has 220 valence electrons. The van der Waals surface area contributed by atoms with E-state index in [9.17, 15) is 18.7 Å². The first kappa shape index (κ1) is 36.4. The van der Waals surface area contributed by atoms with Crippen LogP contribution in [0.5, 0.6) is 0 Å². The molecule has 0 rings (SSSR count). The first-order valence-electron chi connectivity index (χ1n) is 13.0. The van der Waals surface area contributed by atoms with Crippen LogP contribution in [0.3, 0.4) is 0 Å². The summed E-state index contributed by atoms with van der Waals surface area (Å²) in [6, 6.07) is 0. The van der Waals surface area contributed by atoms with Crippen molar-refractivity contribution in [2.24, 2.45) is 0 Å². The van der Waals surface area contributed by atoms with Crippen molar-refractivity contribution in [3.63, 3.8) is 0 Å². The van der Waals surface area contributed by atoms with Crippen LogP contribution in [0.4, 0.5) is 0 Å². The third-order valence-electron chi connectivity index (χ3n) is 4.71. The zero-order valence-electron chi connectivity index (χ0n) is 24.5. The van der Waals surface area contributed by atoms with Crippen molar-refractivity contribution in [3.05, 3.63) is 0 Å². The van der Waals surface area contributed by atoms with Crippen LogP contribution in [0.15, 0.2) is 0 Å². The lowest BCUT2D eigenvalue weighted by Gasteiger charge is -2.26. The predicted octanol–water partition coefficient (Wildman–Crippen LogP) is 6.54. The lowest BCUT2D eigenvalue weighted by atomic mass is 10.2. The summed E-state index contributed by atoms with van der Waals surface area (Å²) in [4.78, 5) is 23.9. The summed E-state index contributed by atoms with van der Waals surface area (Å²) in [6.07, 6.45) is 0.355. The van der Waals surface area contributed by atoms with Crippen LogP contribution < -0.4 is 0 Å². The van der Waals surface area contributed by atoms with Crippen molar-refractivity contribution in [3.8, 4) is 0 Å². The zero-order chi connectivity index (χ0) is 28.9. The fraction of sp³-hybridized carbons (Fsp3) is 0.920. The summed E-state index contributed by atoms with van der Waals surface area (Å²) in [5.74, 6) is -0.863. The SMILES string of the molecule is CCCOP(=O)(CCCCCP(=O)(OCCOC(C)(C)C)OC(C)C(=O)OC(C)(C)C)OC(C)C(C)=O. The molecule has 0 amide bonds. The van der Waals surface area contributed by atoms with Gasteiger partial charge in [-0.2, -0.15) is 0 Å². The minimum atomic E-state index is -3.67. The number of ether oxygens (including phenoxy) is 2. The fourth-order valence-corrected chi connectivity index (χ4v) is 6.65. The second kappa shape index (κ2) is 16.5. The molecule has 0 aliphatic heterocycles. The second-order valence-electron chi connectivity index (χ2n) is 11.0. The molecule has 0 fully saturated rings. The number of hydrogen-bond acceptors (Lipinski definition) is 10. The van der Waals surface area contributed by atoms with Crippen LogP contribution in [0.2, 0.25) is 0 Å². The van der Waals surface area contributed by atoms with Crippen molar-refractivity contribution in [2.75, 3.05) is 32.1 Å². The van der Waals surface area contributed by atoms with Gasteiger partial charge in [-0.05, 0) is 81.6 Å². The number of carbonyl (C=O) groups excluding carboxylic acids is 2. The van der Waals surface area contributed by atoms with Gasteiger partial charge in [0.15, 0.2) is 11.9 Å². The number of hydrogen-bond donors (Lipinski definition) is 0. The van der Waals surface area contributed by atoms with Gasteiger partial charge in [0.25, 0.3) is 0 Å². The molecule has 0 radical (unpaired) electrons. The van der Waals surface area contributed by atoms with Crippen LogP contribution in [-0.4, -0.2) is 67.3 Å². The molecule has 0 aromatic carbocycles. The van der Waals surface area contributed by atoms with Crippen LogP contribution in [-0.2, 0) is 46.3 Å². The topological polar surface area (TPSA) is 124 Å². The average Bonchev–Trinajstić information content (AvgIpc) is 2.73. The number of rotatable bonds is 19. The van der Waals surface area contributed by atoms with Crippen molar-refractivity contribution >= 4 is 26.9 Å². The molecule has 37 heavy (non-hydrogen) atoms.